The van der Waals surface area contributed by atoms with E-state index in [4.69, 9.17) is 0 Å². The topological polar surface area (TPSA) is 24.1 Å². The van der Waals surface area contributed by atoms with Crippen molar-refractivity contribution in [2.45, 2.75) is 60.1 Å². The average molecular weight is 286 g/mol. The van der Waals surface area contributed by atoms with Crippen molar-refractivity contribution in [1.82, 2.24) is 10.6 Å². The summed E-state index contributed by atoms with van der Waals surface area (Å²) >= 11 is 0. The fourth-order valence-electron chi connectivity index (χ4n) is 18.1. The van der Waals surface area contributed by atoms with Gasteiger partial charge in [0, 0.05) is 0 Å². The fraction of sp³-hybridized carbons (Fsp3) is 1.00. The monoisotopic (exact) mass is 286 g/mol. The van der Waals surface area contributed by atoms with Crippen LogP contribution in [0.25, 0.3) is 0 Å². The average Bonchev–Trinajstić information content (AvgIpc) is 3.31. The SMILES string of the molecule is CNCC(C[C]12[CH]3[CH]4[CH]5[CH]1[Fe]45321678[CH]2[CH]1[CH]6[CH]7[CH]28)NC. The molecular formula is C15H22FeN2. The Morgan fingerprint density at radius 1 is 0.944 bits per heavy atom. The third-order valence-electron chi connectivity index (χ3n) is 16.4. The van der Waals surface area contributed by atoms with Crippen molar-refractivity contribution in [2.24, 2.45) is 0 Å². The number of hydrogen-bond donors (Lipinski definition) is 2. The van der Waals surface area contributed by atoms with Gasteiger partial charge in [-0.05, 0) is 0 Å². The summed E-state index contributed by atoms with van der Waals surface area (Å²) in [6.45, 7) is -1.54. The molecule has 0 bridgehead atoms. The van der Waals surface area contributed by atoms with Gasteiger partial charge in [-0.3, -0.25) is 0 Å². The molecule has 10 fully saturated rings. The van der Waals surface area contributed by atoms with E-state index >= 15 is 0 Å². The van der Waals surface area contributed by atoms with Gasteiger partial charge >= 0.3 is 97.9 Å². The van der Waals surface area contributed by atoms with Gasteiger partial charge in [-0.2, -0.15) is 0 Å². The third kappa shape index (κ3) is 0.0785. The van der Waals surface area contributed by atoms with Crippen LogP contribution < -0.4 is 10.6 Å². The van der Waals surface area contributed by atoms with Crippen LogP contribution in [0.5, 0.6) is 0 Å². The number of rotatable bonds is 5. The molecule has 10 aliphatic rings. The Labute approximate surface area is 97.9 Å². The van der Waals surface area contributed by atoms with Gasteiger partial charge in [-0.1, -0.05) is 0 Å². The molecule has 0 radical (unpaired) electrons. The van der Waals surface area contributed by atoms with Crippen LogP contribution in [0, 0.1) is 0 Å². The Hall–Kier alpha value is 0.439. The third-order valence-corrected chi connectivity index (χ3v) is 59.4. The van der Waals surface area contributed by atoms with Crippen LogP contribution in [0.1, 0.15) is 6.42 Å². The molecule has 100 valence electrons. The first kappa shape index (κ1) is 7.45. The van der Waals surface area contributed by atoms with Crippen LogP contribution in [0.4, 0.5) is 0 Å². The second-order valence-corrected chi connectivity index (χ2v) is 35.3. The zero-order chi connectivity index (χ0) is 11.4. The summed E-state index contributed by atoms with van der Waals surface area (Å²) in [6.07, 6.45) is 1.62. The summed E-state index contributed by atoms with van der Waals surface area (Å²) in [7, 11) is 4.33. The van der Waals surface area contributed by atoms with Crippen molar-refractivity contribution in [3.8, 4) is 0 Å². The molecule has 0 aliphatic carbocycles. The van der Waals surface area contributed by atoms with E-state index in [0.717, 1.165) is 10.4 Å². The van der Waals surface area contributed by atoms with Gasteiger partial charge < -0.3 is 0 Å². The molecular weight excluding hydrogens is 264 g/mol. The zero-order valence-electron chi connectivity index (χ0n) is 11.0. The van der Waals surface area contributed by atoms with Gasteiger partial charge in [0.25, 0.3) is 0 Å². The predicted octanol–water partition coefficient (Wildman–Crippen LogP) is 2.94. The van der Waals surface area contributed by atoms with Crippen molar-refractivity contribution in [3.63, 3.8) is 0 Å². The van der Waals surface area contributed by atoms with Gasteiger partial charge in [-0.15, -0.1) is 0 Å². The summed E-state index contributed by atoms with van der Waals surface area (Å²) in [5, 5.41) is 7.07. The maximum atomic E-state index is 3.65. The van der Waals surface area contributed by atoms with E-state index < -0.39 is 6.51 Å². The van der Waals surface area contributed by atoms with E-state index in [9.17, 15) is 0 Å². The number of fused-ring (bicyclic) bond motifs is 10. The van der Waals surface area contributed by atoms with Crippen LogP contribution in [-0.2, 0) is 6.51 Å². The van der Waals surface area contributed by atoms with E-state index in [1.165, 1.54) is 49.9 Å². The van der Waals surface area contributed by atoms with Gasteiger partial charge in [0.1, 0.15) is 0 Å². The van der Waals surface area contributed by atoms with Crippen LogP contribution in [-0.4, -0.2) is 26.7 Å². The molecule has 10 aliphatic heterocycles. The van der Waals surface area contributed by atoms with Gasteiger partial charge in [0.15, 0.2) is 0 Å². The van der Waals surface area contributed by atoms with Crippen LogP contribution >= 0.6 is 0 Å². The van der Waals surface area contributed by atoms with E-state index in [1.54, 1.807) is 6.42 Å². The van der Waals surface area contributed by atoms with E-state index in [1.807, 2.05) is 0 Å². The Kier molecular flexibility index (Phi) is 0.267. The van der Waals surface area contributed by atoms with E-state index in [2.05, 4.69) is 24.7 Å². The van der Waals surface area contributed by atoms with Crippen molar-refractivity contribution in [3.05, 3.63) is 0 Å². The number of nitrogens with one attached hydrogen (secondary N) is 2. The summed E-state index contributed by atoms with van der Waals surface area (Å²) in [5.41, 5.74) is 0. The molecule has 1 spiro atoms. The molecule has 10 rings (SSSR count). The molecule has 2 N–H and O–H groups in total. The summed E-state index contributed by atoms with van der Waals surface area (Å²) in [6, 6.07) is 0.787. The van der Waals surface area contributed by atoms with Crippen LogP contribution in [0.2, 0.25) is 47.7 Å². The first-order valence-electron chi connectivity index (χ1n) is 8.07. The molecule has 5 unspecified atom stereocenters. The van der Waals surface area contributed by atoms with Gasteiger partial charge in [-0.25, -0.2) is 0 Å². The zero-order valence-corrected chi connectivity index (χ0v) is 12.1. The van der Waals surface area contributed by atoms with Crippen molar-refractivity contribution in [2.75, 3.05) is 20.6 Å². The molecule has 2 nitrogen and oxygen atoms in total. The first-order chi connectivity index (χ1) is 8.54. The van der Waals surface area contributed by atoms with Crippen molar-refractivity contribution in [1.29, 1.82) is 0 Å². The summed E-state index contributed by atoms with van der Waals surface area (Å²) in [4.78, 5) is 13.5. The molecule has 0 aromatic heterocycles. The number of likely N-dealkylation sites (N-methyl/N-ethyl adjacent to an activating group) is 2. The molecule has 0 aromatic carbocycles. The molecule has 0 saturated carbocycles. The molecule has 10 heterocycles. The molecule has 3 heteroatoms. The molecule has 18 heavy (non-hydrogen) atoms. The molecule has 10 saturated heterocycles. The minimum absolute atomic E-state index is 0.787. The standard InChI is InChI=1S/C10H17N2.C5H5.Fe/c1-11-8-10(12-2)7-9-5-3-4-6-9;1-2-4-5-3-1;/h3-6,10-12H,7-8H2,1-2H3;1-5H;. The Balaban J connectivity index is 1.35. The fourth-order valence-corrected chi connectivity index (χ4v) is 93.2. The first-order valence-corrected chi connectivity index (χ1v) is 14.4. The minimum atomic E-state index is -2.74. The number of hydrogen-bond acceptors (Lipinski definition) is 2. The maximum absolute atomic E-state index is 3.65. The summed E-state index contributed by atoms with van der Waals surface area (Å²) in [5.74, 6) is 0. The molecule has 0 amide bonds. The van der Waals surface area contributed by atoms with E-state index in [-0.39, 0.29) is 0 Å². The predicted molar refractivity (Wildman–Crippen MR) is 67.8 cm³/mol. The van der Waals surface area contributed by atoms with Gasteiger partial charge in [0.2, 0.25) is 0 Å². The van der Waals surface area contributed by atoms with Crippen molar-refractivity contribution < 1.29 is 6.51 Å². The summed E-state index contributed by atoms with van der Waals surface area (Å²) < 4.78 is 1.11. The van der Waals surface area contributed by atoms with Crippen LogP contribution in [0.3, 0.4) is 0 Å². The van der Waals surface area contributed by atoms with Crippen LogP contribution in [0.15, 0.2) is 0 Å². The normalized spacial score (nSPS) is 115. The Morgan fingerprint density at radius 2 is 1.50 bits per heavy atom. The molecule has 5 atom stereocenters. The van der Waals surface area contributed by atoms with Gasteiger partial charge in [0.05, 0.1) is 0 Å². The second kappa shape index (κ2) is 0.646. The molecule has 0 aromatic rings. The van der Waals surface area contributed by atoms with E-state index in [0.29, 0.717) is 0 Å². The second-order valence-electron chi connectivity index (χ2n) is 11.6. The Bertz CT molecular complexity index is 868. The van der Waals surface area contributed by atoms with Crippen molar-refractivity contribution >= 4 is 0 Å². The quantitative estimate of drug-likeness (QED) is 0.759. The Morgan fingerprint density at radius 3 is 1.78 bits per heavy atom.